The zero-order chi connectivity index (χ0) is 13.9. The summed E-state index contributed by atoms with van der Waals surface area (Å²) < 4.78 is 5.22. The number of ether oxygens (including phenoxy) is 1. The Hall–Kier alpha value is -1.44. The molecule has 0 amide bonds. The molecule has 0 aliphatic carbocycles. The standard InChI is InChI=1S/C15H20N2OS/c1-3-11-19-12-9-17-13(2)14-4-6-15(7-5-14)18-10-8-16/h3-7,13,17H,1,9-12H2,2H3. The first-order valence-corrected chi connectivity index (χ1v) is 7.45. The smallest absolute Gasteiger partial charge is 0.174 e. The second-order valence-electron chi connectivity index (χ2n) is 4.06. The first-order chi connectivity index (χ1) is 9.27. The highest BCUT2D eigenvalue weighted by Gasteiger charge is 2.04. The minimum atomic E-state index is 0.0909. The van der Waals surface area contributed by atoms with E-state index in [0.717, 1.165) is 23.8 Å². The lowest BCUT2D eigenvalue weighted by atomic mass is 10.1. The number of hydrogen-bond acceptors (Lipinski definition) is 4. The third-order valence-corrected chi connectivity index (χ3v) is 3.58. The number of nitrogens with zero attached hydrogens (tertiary/aromatic N) is 1. The van der Waals surface area contributed by atoms with Crippen molar-refractivity contribution in [2.75, 3.05) is 24.7 Å². The first-order valence-electron chi connectivity index (χ1n) is 6.29. The van der Waals surface area contributed by atoms with E-state index in [0.29, 0.717) is 6.04 Å². The van der Waals surface area contributed by atoms with Gasteiger partial charge in [-0.1, -0.05) is 18.2 Å². The van der Waals surface area contributed by atoms with Crippen LogP contribution in [0.25, 0.3) is 0 Å². The summed E-state index contributed by atoms with van der Waals surface area (Å²) >= 11 is 1.87. The summed E-state index contributed by atoms with van der Waals surface area (Å²) in [5.41, 5.74) is 1.22. The number of hydrogen-bond donors (Lipinski definition) is 1. The van der Waals surface area contributed by atoms with E-state index < -0.39 is 0 Å². The van der Waals surface area contributed by atoms with Crippen LogP contribution in [0.3, 0.4) is 0 Å². The SMILES string of the molecule is C=CCSCCNC(C)c1ccc(OCC#N)cc1. The minimum absolute atomic E-state index is 0.0909. The van der Waals surface area contributed by atoms with Crippen molar-refractivity contribution in [3.05, 3.63) is 42.5 Å². The van der Waals surface area contributed by atoms with Gasteiger partial charge in [-0.2, -0.15) is 17.0 Å². The Labute approximate surface area is 119 Å². The zero-order valence-corrected chi connectivity index (χ0v) is 12.1. The maximum Gasteiger partial charge on any atom is 0.174 e. The number of nitriles is 1. The monoisotopic (exact) mass is 276 g/mol. The third-order valence-electron chi connectivity index (χ3n) is 2.62. The quantitative estimate of drug-likeness (QED) is 0.556. The Bertz CT molecular complexity index is 411. The van der Waals surface area contributed by atoms with E-state index in [1.54, 1.807) is 0 Å². The highest BCUT2D eigenvalue weighted by molar-refractivity contribution is 7.99. The molecule has 0 saturated carbocycles. The van der Waals surface area contributed by atoms with Crippen LogP contribution in [0.5, 0.6) is 5.75 Å². The molecule has 4 heteroatoms. The van der Waals surface area contributed by atoms with Crippen LogP contribution < -0.4 is 10.1 Å². The van der Waals surface area contributed by atoms with Crippen LogP contribution in [0, 0.1) is 11.3 Å². The van der Waals surface area contributed by atoms with Crippen molar-refractivity contribution in [3.8, 4) is 11.8 Å². The van der Waals surface area contributed by atoms with Crippen LogP contribution in [-0.4, -0.2) is 24.7 Å². The molecule has 0 saturated heterocycles. The minimum Gasteiger partial charge on any atom is -0.479 e. The predicted molar refractivity (Wildman–Crippen MR) is 81.5 cm³/mol. The highest BCUT2D eigenvalue weighted by atomic mass is 32.2. The number of thioether (sulfide) groups is 1. The molecule has 0 aromatic heterocycles. The molecule has 0 heterocycles. The average Bonchev–Trinajstić information content (AvgIpc) is 2.45. The lowest BCUT2D eigenvalue weighted by Gasteiger charge is -2.14. The van der Waals surface area contributed by atoms with E-state index >= 15 is 0 Å². The molecule has 1 rings (SSSR count). The average molecular weight is 276 g/mol. The topological polar surface area (TPSA) is 45.0 Å². The molecule has 1 unspecified atom stereocenters. The van der Waals surface area contributed by atoms with Gasteiger partial charge in [0.1, 0.15) is 11.8 Å². The van der Waals surface area contributed by atoms with Gasteiger partial charge in [0.2, 0.25) is 0 Å². The maximum absolute atomic E-state index is 8.44. The van der Waals surface area contributed by atoms with Crippen molar-refractivity contribution in [2.24, 2.45) is 0 Å². The Kier molecular flexibility index (Phi) is 7.80. The molecule has 1 atom stereocenters. The van der Waals surface area contributed by atoms with E-state index in [2.05, 4.69) is 18.8 Å². The maximum atomic E-state index is 8.44. The fourth-order valence-corrected chi connectivity index (χ4v) is 2.20. The summed E-state index contributed by atoms with van der Waals surface area (Å²) in [6.45, 7) is 6.91. The van der Waals surface area contributed by atoms with Gasteiger partial charge in [-0.05, 0) is 24.6 Å². The molecule has 0 bridgehead atoms. The molecule has 0 aliphatic heterocycles. The molecule has 1 aromatic carbocycles. The fraction of sp³-hybridized carbons (Fsp3) is 0.400. The van der Waals surface area contributed by atoms with Gasteiger partial charge in [0.25, 0.3) is 0 Å². The molecule has 0 spiro atoms. The Morgan fingerprint density at radius 2 is 2.21 bits per heavy atom. The van der Waals surface area contributed by atoms with E-state index in [1.807, 2.05) is 48.2 Å². The lowest BCUT2D eigenvalue weighted by Crippen LogP contribution is -2.21. The summed E-state index contributed by atoms with van der Waals surface area (Å²) in [6, 6.07) is 10.1. The van der Waals surface area contributed by atoms with E-state index in [9.17, 15) is 0 Å². The summed E-state index contributed by atoms with van der Waals surface area (Å²) in [4.78, 5) is 0. The van der Waals surface area contributed by atoms with Crippen molar-refractivity contribution in [1.82, 2.24) is 5.32 Å². The van der Waals surface area contributed by atoms with Gasteiger partial charge in [0, 0.05) is 24.1 Å². The summed E-state index contributed by atoms with van der Waals surface area (Å²) in [7, 11) is 0. The lowest BCUT2D eigenvalue weighted by molar-refractivity contribution is 0.368. The van der Waals surface area contributed by atoms with Crippen LogP contribution in [0.2, 0.25) is 0 Å². The Morgan fingerprint density at radius 1 is 1.47 bits per heavy atom. The van der Waals surface area contributed by atoms with Crippen LogP contribution in [0.15, 0.2) is 36.9 Å². The molecule has 0 aliphatic rings. The molecule has 0 radical (unpaired) electrons. The van der Waals surface area contributed by atoms with Gasteiger partial charge in [0.15, 0.2) is 6.61 Å². The largest absolute Gasteiger partial charge is 0.479 e. The molecular formula is C15H20N2OS. The van der Waals surface area contributed by atoms with Crippen LogP contribution in [-0.2, 0) is 0 Å². The summed E-state index contributed by atoms with van der Waals surface area (Å²) in [6.07, 6.45) is 1.92. The van der Waals surface area contributed by atoms with Gasteiger partial charge in [-0.15, -0.1) is 6.58 Å². The molecule has 0 fully saturated rings. The van der Waals surface area contributed by atoms with Gasteiger partial charge in [-0.25, -0.2) is 0 Å². The van der Waals surface area contributed by atoms with Crippen LogP contribution >= 0.6 is 11.8 Å². The molecule has 19 heavy (non-hydrogen) atoms. The first kappa shape index (κ1) is 15.6. The van der Waals surface area contributed by atoms with Gasteiger partial charge >= 0.3 is 0 Å². The van der Waals surface area contributed by atoms with Crippen molar-refractivity contribution >= 4 is 11.8 Å². The molecule has 3 nitrogen and oxygen atoms in total. The van der Waals surface area contributed by atoms with Crippen LogP contribution in [0.1, 0.15) is 18.5 Å². The molecule has 1 N–H and O–H groups in total. The second kappa shape index (κ2) is 9.48. The Morgan fingerprint density at radius 3 is 2.84 bits per heavy atom. The molecule has 1 aromatic rings. The van der Waals surface area contributed by atoms with E-state index in [4.69, 9.17) is 10.00 Å². The van der Waals surface area contributed by atoms with Crippen molar-refractivity contribution in [1.29, 1.82) is 5.26 Å². The summed E-state index contributed by atoms with van der Waals surface area (Å²) in [5, 5.41) is 11.9. The van der Waals surface area contributed by atoms with Crippen molar-refractivity contribution in [3.63, 3.8) is 0 Å². The number of benzene rings is 1. The predicted octanol–water partition coefficient (Wildman–Crippen LogP) is 3.16. The van der Waals surface area contributed by atoms with Crippen LogP contribution in [0.4, 0.5) is 0 Å². The van der Waals surface area contributed by atoms with Gasteiger partial charge in [-0.3, -0.25) is 0 Å². The van der Waals surface area contributed by atoms with E-state index in [-0.39, 0.29) is 6.61 Å². The Balaban J connectivity index is 2.33. The highest BCUT2D eigenvalue weighted by Crippen LogP contribution is 2.17. The third kappa shape index (κ3) is 6.32. The van der Waals surface area contributed by atoms with E-state index in [1.165, 1.54) is 5.56 Å². The van der Waals surface area contributed by atoms with Crippen molar-refractivity contribution in [2.45, 2.75) is 13.0 Å². The van der Waals surface area contributed by atoms with Crippen molar-refractivity contribution < 1.29 is 4.74 Å². The van der Waals surface area contributed by atoms with Gasteiger partial charge < -0.3 is 10.1 Å². The summed E-state index contributed by atoms with van der Waals surface area (Å²) in [5.74, 6) is 2.82. The fourth-order valence-electron chi connectivity index (χ4n) is 1.60. The second-order valence-corrected chi connectivity index (χ2v) is 5.21. The molecular weight excluding hydrogens is 256 g/mol. The normalized spacial score (nSPS) is 11.6. The number of rotatable bonds is 9. The van der Waals surface area contributed by atoms with Gasteiger partial charge in [0.05, 0.1) is 0 Å². The molecule has 102 valence electrons. The zero-order valence-electron chi connectivity index (χ0n) is 11.3. The number of nitrogens with one attached hydrogen (secondary N) is 1.